The lowest BCUT2D eigenvalue weighted by atomic mass is 10.3. The second kappa shape index (κ2) is 6.60. The molecule has 3 heterocycles. The molecule has 1 aliphatic rings. The van der Waals surface area contributed by atoms with Crippen LogP contribution < -0.4 is 0 Å². The van der Waals surface area contributed by atoms with Crippen LogP contribution in [0.25, 0.3) is 6.08 Å². The first-order valence-electron chi connectivity index (χ1n) is 7.04. The van der Waals surface area contributed by atoms with E-state index >= 15 is 0 Å². The van der Waals surface area contributed by atoms with Gasteiger partial charge in [0.25, 0.3) is 5.91 Å². The second-order valence-electron chi connectivity index (χ2n) is 4.83. The highest BCUT2D eigenvalue weighted by Crippen LogP contribution is 2.35. The third-order valence-electron chi connectivity index (χ3n) is 3.21. The van der Waals surface area contributed by atoms with Crippen molar-refractivity contribution < 1.29 is 9.21 Å². The number of pyridine rings is 1. The Morgan fingerprint density at radius 2 is 2.26 bits per heavy atom. The molecule has 1 amide bonds. The van der Waals surface area contributed by atoms with Crippen molar-refractivity contribution in [2.45, 2.75) is 13.8 Å². The first-order valence-corrected chi connectivity index (χ1v) is 8.24. The summed E-state index contributed by atoms with van der Waals surface area (Å²) in [6.07, 6.45) is 4.88. The number of nitrogens with zero attached hydrogens (tertiary/aromatic N) is 3. The van der Waals surface area contributed by atoms with Gasteiger partial charge in [0.2, 0.25) is 0 Å². The van der Waals surface area contributed by atoms with Crippen molar-refractivity contribution in [2.24, 2.45) is 4.99 Å². The average Bonchev–Trinajstić information content (AvgIpc) is 3.06. The molecule has 0 bridgehead atoms. The molecular weight excluding hydrogens is 334 g/mol. The van der Waals surface area contributed by atoms with Gasteiger partial charge < -0.3 is 4.42 Å². The molecule has 1 fully saturated rings. The number of aryl methyl sites for hydroxylation is 1. The van der Waals surface area contributed by atoms with Gasteiger partial charge in [-0.1, -0.05) is 11.6 Å². The SMILES string of the molecule is CCN1C(=O)/C(=C\c2ccc(C)o2)SC1=Nc1ccncc1Cl. The standard InChI is InChI=1S/C16H14ClN3O2S/c1-3-20-15(21)14(8-11-5-4-10(2)22-11)23-16(20)19-13-6-7-18-9-12(13)17/h4-9H,3H2,1-2H3/b14-8+,19-16?. The maximum Gasteiger partial charge on any atom is 0.266 e. The molecule has 0 aromatic carbocycles. The van der Waals surface area contributed by atoms with E-state index in [0.717, 1.165) is 5.76 Å². The van der Waals surface area contributed by atoms with Crippen molar-refractivity contribution >= 4 is 46.2 Å². The minimum absolute atomic E-state index is 0.0875. The second-order valence-corrected chi connectivity index (χ2v) is 6.25. The Hall–Kier alpha value is -2.05. The Morgan fingerprint density at radius 3 is 2.91 bits per heavy atom. The van der Waals surface area contributed by atoms with Crippen molar-refractivity contribution in [1.29, 1.82) is 0 Å². The van der Waals surface area contributed by atoms with E-state index in [-0.39, 0.29) is 5.91 Å². The smallest absolute Gasteiger partial charge is 0.266 e. The molecule has 5 nitrogen and oxygen atoms in total. The first-order chi connectivity index (χ1) is 11.1. The van der Waals surface area contributed by atoms with E-state index in [1.54, 1.807) is 23.2 Å². The summed E-state index contributed by atoms with van der Waals surface area (Å²) >= 11 is 7.39. The number of rotatable bonds is 3. The monoisotopic (exact) mass is 347 g/mol. The molecule has 0 aliphatic carbocycles. The van der Waals surface area contributed by atoms with Crippen LogP contribution >= 0.6 is 23.4 Å². The number of carbonyl (C=O) groups excluding carboxylic acids is 1. The zero-order valence-electron chi connectivity index (χ0n) is 12.6. The lowest BCUT2D eigenvalue weighted by Crippen LogP contribution is -2.28. The lowest BCUT2D eigenvalue weighted by molar-refractivity contribution is -0.122. The average molecular weight is 348 g/mol. The van der Waals surface area contributed by atoms with E-state index in [0.29, 0.717) is 33.1 Å². The number of amidine groups is 1. The van der Waals surface area contributed by atoms with E-state index in [1.807, 2.05) is 26.0 Å². The summed E-state index contributed by atoms with van der Waals surface area (Å²) in [6, 6.07) is 5.41. The lowest BCUT2D eigenvalue weighted by Gasteiger charge is -2.12. The highest BCUT2D eigenvalue weighted by atomic mass is 35.5. The molecule has 0 N–H and O–H groups in total. The minimum atomic E-state index is -0.0875. The molecule has 118 valence electrons. The van der Waals surface area contributed by atoms with Crippen LogP contribution in [0, 0.1) is 6.92 Å². The van der Waals surface area contributed by atoms with Crippen molar-refractivity contribution in [2.75, 3.05) is 6.54 Å². The fourth-order valence-electron chi connectivity index (χ4n) is 2.09. The number of hydrogen-bond donors (Lipinski definition) is 0. The van der Waals surface area contributed by atoms with Gasteiger partial charge in [0.05, 0.1) is 15.6 Å². The van der Waals surface area contributed by atoms with E-state index in [9.17, 15) is 4.79 Å². The number of likely N-dealkylation sites (N-methyl/N-ethyl adjacent to an activating group) is 1. The quantitative estimate of drug-likeness (QED) is 0.778. The third kappa shape index (κ3) is 3.33. The number of aliphatic imine (C=N–C) groups is 1. The fourth-order valence-corrected chi connectivity index (χ4v) is 3.29. The topological polar surface area (TPSA) is 58.7 Å². The predicted octanol–water partition coefficient (Wildman–Crippen LogP) is 4.26. The Balaban J connectivity index is 1.95. The van der Waals surface area contributed by atoms with Gasteiger partial charge in [-0.25, -0.2) is 4.99 Å². The number of amides is 1. The van der Waals surface area contributed by atoms with Crippen LogP contribution in [0.2, 0.25) is 5.02 Å². The molecule has 1 saturated heterocycles. The maximum absolute atomic E-state index is 12.5. The molecule has 2 aromatic rings. The van der Waals surface area contributed by atoms with Crippen LogP contribution in [0.1, 0.15) is 18.4 Å². The molecule has 0 atom stereocenters. The summed E-state index contributed by atoms with van der Waals surface area (Å²) in [7, 11) is 0. The number of thioether (sulfide) groups is 1. The van der Waals surface area contributed by atoms with Crippen molar-refractivity contribution in [3.8, 4) is 0 Å². The van der Waals surface area contributed by atoms with Crippen molar-refractivity contribution in [3.05, 3.63) is 52.0 Å². The number of carbonyl (C=O) groups is 1. The van der Waals surface area contributed by atoms with Gasteiger partial charge >= 0.3 is 0 Å². The zero-order valence-corrected chi connectivity index (χ0v) is 14.2. The molecule has 0 unspecified atom stereocenters. The summed E-state index contributed by atoms with van der Waals surface area (Å²) in [5.41, 5.74) is 0.588. The van der Waals surface area contributed by atoms with Crippen LogP contribution in [0.15, 0.2) is 44.9 Å². The van der Waals surface area contributed by atoms with Crippen LogP contribution in [0.3, 0.4) is 0 Å². The molecule has 7 heteroatoms. The van der Waals surface area contributed by atoms with E-state index in [4.69, 9.17) is 16.0 Å². The molecule has 23 heavy (non-hydrogen) atoms. The predicted molar refractivity (Wildman–Crippen MR) is 92.7 cm³/mol. The van der Waals surface area contributed by atoms with Gasteiger partial charge in [-0.15, -0.1) is 0 Å². The van der Waals surface area contributed by atoms with E-state index < -0.39 is 0 Å². The number of hydrogen-bond acceptors (Lipinski definition) is 5. The number of aromatic nitrogens is 1. The van der Waals surface area contributed by atoms with Gasteiger partial charge in [-0.3, -0.25) is 14.7 Å². The Labute approximate surface area is 143 Å². The number of halogens is 1. The largest absolute Gasteiger partial charge is 0.462 e. The van der Waals surface area contributed by atoms with Gasteiger partial charge in [0.1, 0.15) is 11.5 Å². The van der Waals surface area contributed by atoms with Gasteiger partial charge in [-0.2, -0.15) is 0 Å². The summed E-state index contributed by atoms with van der Waals surface area (Å²) in [5, 5.41) is 1.04. The Kier molecular flexibility index (Phi) is 4.54. The summed E-state index contributed by atoms with van der Waals surface area (Å²) in [6.45, 7) is 4.30. The minimum Gasteiger partial charge on any atom is -0.462 e. The zero-order chi connectivity index (χ0) is 16.4. The molecule has 1 aliphatic heterocycles. The maximum atomic E-state index is 12.5. The number of furan rings is 1. The Morgan fingerprint density at radius 1 is 1.43 bits per heavy atom. The molecule has 0 radical (unpaired) electrons. The summed E-state index contributed by atoms with van der Waals surface area (Å²) < 4.78 is 5.51. The third-order valence-corrected chi connectivity index (χ3v) is 4.50. The van der Waals surface area contributed by atoms with Gasteiger partial charge in [-0.05, 0) is 43.8 Å². The summed E-state index contributed by atoms with van der Waals surface area (Å²) in [4.78, 5) is 23.1. The Bertz CT molecular complexity index is 813. The van der Waals surface area contributed by atoms with Gasteiger partial charge in [0, 0.05) is 25.0 Å². The van der Waals surface area contributed by atoms with Crippen molar-refractivity contribution in [3.63, 3.8) is 0 Å². The fraction of sp³-hybridized carbons (Fsp3) is 0.188. The van der Waals surface area contributed by atoms with Crippen LogP contribution in [0.5, 0.6) is 0 Å². The molecule has 0 spiro atoms. The molecule has 2 aromatic heterocycles. The van der Waals surface area contributed by atoms with Gasteiger partial charge in [0.15, 0.2) is 5.17 Å². The first kappa shape index (κ1) is 15.8. The highest BCUT2D eigenvalue weighted by Gasteiger charge is 2.32. The van der Waals surface area contributed by atoms with Crippen molar-refractivity contribution in [1.82, 2.24) is 9.88 Å². The van der Waals surface area contributed by atoms with E-state index in [1.165, 1.54) is 18.0 Å². The summed E-state index contributed by atoms with van der Waals surface area (Å²) in [5.74, 6) is 1.37. The highest BCUT2D eigenvalue weighted by molar-refractivity contribution is 8.18. The van der Waals surface area contributed by atoms with E-state index in [2.05, 4.69) is 9.98 Å². The molecule has 0 saturated carbocycles. The molecule has 3 rings (SSSR count). The van der Waals surface area contributed by atoms with Crippen LogP contribution in [-0.4, -0.2) is 27.5 Å². The normalized spacial score (nSPS) is 18.4. The molecular formula is C16H14ClN3O2S. The van der Waals surface area contributed by atoms with Crippen LogP contribution in [-0.2, 0) is 4.79 Å². The van der Waals surface area contributed by atoms with Crippen LogP contribution in [0.4, 0.5) is 5.69 Å².